The zero-order valence-electron chi connectivity index (χ0n) is 16.9. The van der Waals surface area contributed by atoms with Crippen molar-refractivity contribution in [1.29, 1.82) is 0 Å². The van der Waals surface area contributed by atoms with Crippen molar-refractivity contribution in [2.24, 2.45) is 4.99 Å². The van der Waals surface area contributed by atoms with Gasteiger partial charge in [0, 0.05) is 24.3 Å². The van der Waals surface area contributed by atoms with Gasteiger partial charge in [0.05, 0.1) is 31.3 Å². The minimum atomic E-state index is -0.753. The lowest BCUT2D eigenvalue weighted by Crippen LogP contribution is -2.34. The van der Waals surface area contributed by atoms with Gasteiger partial charge < -0.3 is 19.4 Å². The monoisotopic (exact) mass is 439 g/mol. The van der Waals surface area contributed by atoms with Crippen molar-refractivity contribution < 1.29 is 13.9 Å². The van der Waals surface area contributed by atoms with E-state index in [1.807, 2.05) is 30.5 Å². The lowest BCUT2D eigenvalue weighted by Gasteiger charge is -2.28. The van der Waals surface area contributed by atoms with Crippen LogP contribution in [0.25, 0.3) is 11.2 Å². The summed E-state index contributed by atoms with van der Waals surface area (Å²) in [6.07, 6.45) is 8.23. The number of amidine groups is 1. The van der Waals surface area contributed by atoms with Gasteiger partial charge in [0.2, 0.25) is 5.95 Å². The molecule has 5 rings (SSSR count). The molecule has 1 N–H and O–H groups in total. The average molecular weight is 440 g/mol. The summed E-state index contributed by atoms with van der Waals surface area (Å²) in [7, 11) is 3.15. The molecule has 1 atom stereocenters. The molecule has 1 aromatic carbocycles. The number of aromatic nitrogens is 3. The maximum atomic E-state index is 13.5. The first-order valence-electron chi connectivity index (χ1n) is 9.66. The Morgan fingerprint density at radius 1 is 1.16 bits per heavy atom. The molecule has 0 saturated carbocycles. The number of methoxy groups -OCH3 is 2. The third-order valence-corrected chi connectivity index (χ3v) is 5.79. The number of H-pyrrole nitrogens is 1. The molecular formula is C22H19ClFN5O2. The Balaban J connectivity index is 1.65. The summed E-state index contributed by atoms with van der Waals surface area (Å²) < 4.78 is 24.5. The molecule has 31 heavy (non-hydrogen) atoms. The number of pyridine rings is 1. The molecule has 2 aliphatic rings. The lowest BCUT2D eigenvalue weighted by atomic mass is 9.86. The molecule has 7 nitrogen and oxygen atoms in total. The van der Waals surface area contributed by atoms with Crippen LogP contribution in [0.2, 0.25) is 5.02 Å². The molecule has 2 aromatic heterocycles. The number of halogens is 2. The summed E-state index contributed by atoms with van der Waals surface area (Å²) in [5, 5.41) is 0.509. The van der Waals surface area contributed by atoms with E-state index < -0.39 is 11.5 Å². The van der Waals surface area contributed by atoms with Gasteiger partial charge in [-0.15, -0.1) is 0 Å². The van der Waals surface area contributed by atoms with Crippen LogP contribution in [0.3, 0.4) is 0 Å². The Morgan fingerprint density at radius 2 is 1.97 bits per heavy atom. The standard InChI is InChI=1S/C22H19ClFN5O2/c1-30-16-9-13(14(23)10-17(16)31-2)22(12-29-8-4-3-5-20(29)28-22)11-19-25-15-6-7-18(24)26-21(15)27-19/h3-10H,11-12H2,1-2H3,(H,25,26,27). The van der Waals surface area contributed by atoms with E-state index in [-0.39, 0.29) is 0 Å². The van der Waals surface area contributed by atoms with Crippen molar-refractivity contribution >= 4 is 28.6 Å². The van der Waals surface area contributed by atoms with E-state index in [0.29, 0.717) is 46.5 Å². The van der Waals surface area contributed by atoms with Crippen molar-refractivity contribution in [1.82, 2.24) is 19.9 Å². The van der Waals surface area contributed by atoms with Gasteiger partial charge in [-0.1, -0.05) is 17.7 Å². The summed E-state index contributed by atoms with van der Waals surface area (Å²) in [4.78, 5) is 18.7. The Bertz CT molecular complexity index is 1270. The van der Waals surface area contributed by atoms with Gasteiger partial charge in [-0.25, -0.2) is 4.98 Å². The van der Waals surface area contributed by atoms with Crippen LogP contribution in [0.4, 0.5) is 4.39 Å². The number of aliphatic imine (C=N–C) groups is 1. The minimum absolute atomic E-state index is 0.326. The second kappa shape index (κ2) is 7.39. The topological polar surface area (TPSA) is 75.6 Å². The highest BCUT2D eigenvalue weighted by Gasteiger charge is 2.43. The van der Waals surface area contributed by atoms with Crippen molar-refractivity contribution in [3.63, 3.8) is 0 Å². The van der Waals surface area contributed by atoms with Crippen molar-refractivity contribution in [3.05, 3.63) is 71.1 Å². The predicted molar refractivity (Wildman–Crippen MR) is 116 cm³/mol. The third-order valence-electron chi connectivity index (χ3n) is 5.47. The molecule has 0 fully saturated rings. The number of rotatable bonds is 5. The SMILES string of the molecule is COc1cc(Cl)c(C2(Cc3nc4nc(F)ccc4[nH]3)CN3C=CC=CC3=N2)cc1OC. The van der Waals surface area contributed by atoms with Crippen LogP contribution >= 0.6 is 11.6 Å². The van der Waals surface area contributed by atoms with Crippen LogP contribution in [-0.4, -0.2) is 46.5 Å². The fraction of sp³-hybridized carbons (Fsp3) is 0.227. The number of aromatic amines is 1. The smallest absolute Gasteiger partial charge is 0.215 e. The number of benzene rings is 1. The van der Waals surface area contributed by atoms with Gasteiger partial charge in [-0.2, -0.15) is 9.37 Å². The number of hydrogen-bond donors (Lipinski definition) is 1. The first-order chi connectivity index (χ1) is 15.0. The zero-order chi connectivity index (χ0) is 21.6. The third kappa shape index (κ3) is 3.33. The Labute approximate surface area is 182 Å². The largest absolute Gasteiger partial charge is 0.493 e. The number of ether oxygens (including phenoxy) is 2. The summed E-state index contributed by atoms with van der Waals surface area (Å²) in [6, 6.07) is 6.52. The fourth-order valence-electron chi connectivity index (χ4n) is 4.07. The van der Waals surface area contributed by atoms with Crippen LogP contribution in [0.1, 0.15) is 11.4 Å². The summed E-state index contributed by atoms with van der Waals surface area (Å²) >= 11 is 6.72. The summed E-state index contributed by atoms with van der Waals surface area (Å²) in [6.45, 7) is 0.553. The van der Waals surface area contributed by atoms with E-state index in [0.717, 1.165) is 11.4 Å². The number of hydrogen-bond acceptors (Lipinski definition) is 6. The molecule has 0 radical (unpaired) electrons. The van der Waals surface area contributed by atoms with E-state index in [2.05, 4.69) is 19.9 Å². The normalized spacial score (nSPS) is 19.6. The maximum Gasteiger partial charge on any atom is 0.215 e. The summed E-state index contributed by atoms with van der Waals surface area (Å²) in [5.74, 6) is 1.99. The second-order valence-electron chi connectivity index (χ2n) is 7.38. The molecule has 0 bridgehead atoms. The van der Waals surface area contributed by atoms with Crippen molar-refractivity contribution in [2.45, 2.75) is 12.0 Å². The molecule has 0 spiro atoms. The highest BCUT2D eigenvalue weighted by molar-refractivity contribution is 6.31. The number of nitrogens with one attached hydrogen (secondary N) is 1. The molecule has 4 heterocycles. The Hall–Kier alpha value is -3.39. The molecule has 158 valence electrons. The number of fused-ring (bicyclic) bond motifs is 2. The lowest BCUT2D eigenvalue weighted by molar-refractivity contribution is 0.349. The van der Waals surface area contributed by atoms with Gasteiger partial charge in [-0.3, -0.25) is 4.99 Å². The van der Waals surface area contributed by atoms with Gasteiger partial charge >= 0.3 is 0 Å². The Morgan fingerprint density at radius 3 is 2.74 bits per heavy atom. The molecule has 0 amide bonds. The van der Waals surface area contributed by atoms with E-state index in [9.17, 15) is 4.39 Å². The first kappa shape index (κ1) is 19.6. The number of allylic oxidation sites excluding steroid dienone is 2. The number of imidazole rings is 1. The molecule has 0 aliphatic carbocycles. The maximum absolute atomic E-state index is 13.5. The van der Waals surface area contributed by atoms with Crippen LogP contribution in [0, 0.1) is 5.95 Å². The average Bonchev–Trinajstić information content (AvgIpc) is 3.33. The highest BCUT2D eigenvalue weighted by atomic mass is 35.5. The van der Waals surface area contributed by atoms with E-state index in [4.69, 9.17) is 26.1 Å². The van der Waals surface area contributed by atoms with Crippen LogP contribution in [0.5, 0.6) is 11.5 Å². The van der Waals surface area contributed by atoms with Crippen LogP contribution in [0.15, 0.2) is 53.7 Å². The second-order valence-corrected chi connectivity index (χ2v) is 7.79. The number of nitrogens with zero attached hydrogens (tertiary/aromatic N) is 4. The van der Waals surface area contributed by atoms with E-state index >= 15 is 0 Å². The molecule has 1 unspecified atom stereocenters. The fourth-order valence-corrected chi connectivity index (χ4v) is 4.40. The van der Waals surface area contributed by atoms with Gasteiger partial charge in [0.25, 0.3) is 0 Å². The highest BCUT2D eigenvalue weighted by Crippen LogP contribution is 2.44. The molecule has 3 aromatic rings. The molecule has 9 heteroatoms. The zero-order valence-corrected chi connectivity index (χ0v) is 17.7. The summed E-state index contributed by atoms with van der Waals surface area (Å²) in [5.41, 5.74) is 1.02. The Kier molecular flexibility index (Phi) is 4.66. The predicted octanol–water partition coefficient (Wildman–Crippen LogP) is 4.00. The van der Waals surface area contributed by atoms with E-state index in [1.54, 1.807) is 26.4 Å². The van der Waals surface area contributed by atoms with Gasteiger partial charge in [0.1, 0.15) is 17.2 Å². The van der Waals surface area contributed by atoms with Gasteiger partial charge in [-0.05, 0) is 30.4 Å². The van der Waals surface area contributed by atoms with Crippen molar-refractivity contribution in [2.75, 3.05) is 20.8 Å². The molecule has 0 saturated heterocycles. The van der Waals surface area contributed by atoms with Crippen molar-refractivity contribution in [3.8, 4) is 11.5 Å². The molecular weight excluding hydrogens is 421 g/mol. The minimum Gasteiger partial charge on any atom is -0.493 e. The van der Waals surface area contributed by atoms with Crippen LogP contribution < -0.4 is 9.47 Å². The first-order valence-corrected chi connectivity index (χ1v) is 10.0. The van der Waals surface area contributed by atoms with E-state index in [1.165, 1.54) is 6.07 Å². The molecule has 2 aliphatic heterocycles. The quantitative estimate of drug-likeness (QED) is 0.608. The van der Waals surface area contributed by atoms with Gasteiger partial charge in [0.15, 0.2) is 17.1 Å². The van der Waals surface area contributed by atoms with Crippen LogP contribution in [-0.2, 0) is 12.0 Å².